The highest BCUT2D eigenvalue weighted by molar-refractivity contribution is 5.95. The van der Waals surface area contributed by atoms with Crippen LogP contribution in [0.1, 0.15) is 17.5 Å². The van der Waals surface area contributed by atoms with Crippen molar-refractivity contribution in [3.05, 3.63) is 76.3 Å². The molecule has 1 aliphatic rings. The number of pyridine rings is 3. The summed E-state index contributed by atoms with van der Waals surface area (Å²) in [6, 6.07) is 14.8. The fraction of sp³-hybridized carbons (Fsp3) is 0.321. The van der Waals surface area contributed by atoms with Gasteiger partial charge in [0, 0.05) is 42.8 Å². The zero-order valence-electron chi connectivity index (χ0n) is 21.1. The molecule has 4 heterocycles. The van der Waals surface area contributed by atoms with E-state index in [1.165, 1.54) is 12.0 Å². The molecule has 0 spiro atoms. The van der Waals surface area contributed by atoms with Crippen molar-refractivity contribution in [2.45, 2.75) is 25.8 Å². The van der Waals surface area contributed by atoms with Crippen LogP contribution in [-0.4, -0.2) is 64.5 Å². The first kappa shape index (κ1) is 24.0. The van der Waals surface area contributed by atoms with Gasteiger partial charge in [0.1, 0.15) is 11.6 Å². The molecule has 8 heteroatoms. The number of hydrogen-bond donors (Lipinski definition) is 3. The van der Waals surface area contributed by atoms with E-state index in [4.69, 9.17) is 10.7 Å². The molecule has 5 rings (SSSR count). The van der Waals surface area contributed by atoms with Crippen molar-refractivity contribution in [1.82, 2.24) is 24.8 Å². The first-order valence-corrected chi connectivity index (χ1v) is 12.4. The van der Waals surface area contributed by atoms with Crippen LogP contribution in [0.4, 0.5) is 17.3 Å². The van der Waals surface area contributed by atoms with Crippen LogP contribution >= 0.6 is 0 Å². The topological polar surface area (TPSA) is 103 Å². The number of likely N-dealkylation sites (N-methyl/N-ethyl adjacent to an activating group) is 1. The minimum atomic E-state index is -0.182. The van der Waals surface area contributed by atoms with Crippen LogP contribution in [0.3, 0.4) is 0 Å². The highest BCUT2D eigenvalue weighted by Gasteiger charge is 2.23. The number of nitrogens with zero attached hydrogens (tertiary/aromatic N) is 4. The molecule has 36 heavy (non-hydrogen) atoms. The molecule has 0 aliphatic carbocycles. The summed E-state index contributed by atoms with van der Waals surface area (Å²) in [5.74, 6) is 1.01. The molecule has 4 aromatic rings. The maximum Gasteiger partial charge on any atom is 0.259 e. The van der Waals surface area contributed by atoms with Crippen LogP contribution in [0.15, 0.2) is 59.7 Å². The molecular weight excluding hydrogens is 450 g/mol. The monoisotopic (exact) mass is 483 g/mol. The summed E-state index contributed by atoms with van der Waals surface area (Å²) >= 11 is 0. The molecule has 8 nitrogen and oxygen atoms in total. The van der Waals surface area contributed by atoms with Gasteiger partial charge in [0.15, 0.2) is 0 Å². The number of nitrogen functional groups attached to an aromatic ring is 1. The number of hydrogen-bond acceptors (Lipinski definition) is 7. The Hall–Kier alpha value is -3.75. The second-order valence-electron chi connectivity index (χ2n) is 9.83. The van der Waals surface area contributed by atoms with Gasteiger partial charge in [-0.05, 0) is 87.3 Å². The first-order valence-electron chi connectivity index (χ1n) is 12.4. The van der Waals surface area contributed by atoms with Gasteiger partial charge in [-0.1, -0.05) is 12.1 Å². The Morgan fingerprint density at radius 2 is 2.00 bits per heavy atom. The number of anilines is 3. The lowest BCUT2D eigenvalue weighted by molar-refractivity contribution is 0.270. The molecule has 1 fully saturated rings. The van der Waals surface area contributed by atoms with Gasteiger partial charge in [-0.25, -0.2) is 9.97 Å². The van der Waals surface area contributed by atoms with Crippen LogP contribution in [-0.2, 0) is 6.42 Å². The molecule has 4 N–H and O–H groups in total. The fourth-order valence-electron chi connectivity index (χ4n) is 4.79. The Bertz CT molecular complexity index is 1430. The molecule has 0 radical (unpaired) electrons. The Balaban J connectivity index is 1.36. The number of aromatic nitrogens is 3. The third-order valence-corrected chi connectivity index (χ3v) is 7.08. The zero-order valence-corrected chi connectivity index (χ0v) is 21.1. The van der Waals surface area contributed by atoms with Crippen molar-refractivity contribution in [2.75, 3.05) is 44.8 Å². The van der Waals surface area contributed by atoms with Crippen LogP contribution in [0.5, 0.6) is 0 Å². The van der Waals surface area contributed by atoms with Gasteiger partial charge in [0.05, 0.1) is 11.1 Å². The lowest BCUT2D eigenvalue weighted by atomic mass is 10.1. The van der Waals surface area contributed by atoms with Gasteiger partial charge in [-0.3, -0.25) is 4.79 Å². The van der Waals surface area contributed by atoms with Crippen molar-refractivity contribution in [2.24, 2.45) is 0 Å². The minimum Gasteiger partial charge on any atom is -0.383 e. The zero-order chi connectivity index (χ0) is 25.2. The highest BCUT2D eigenvalue weighted by Crippen LogP contribution is 2.28. The Morgan fingerprint density at radius 3 is 2.72 bits per heavy atom. The molecular formula is C28H33N7O. The number of likely N-dealkylation sites (tertiary alicyclic amines) is 1. The highest BCUT2D eigenvalue weighted by atomic mass is 16.1. The van der Waals surface area contributed by atoms with Crippen LogP contribution in [0, 0.1) is 6.92 Å². The molecule has 1 aromatic carbocycles. The number of rotatable bonds is 7. The average molecular weight is 484 g/mol. The van der Waals surface area contributed by atoms with Crippen LogP contribution in [0.2, 0.25) is 0 Å². The van der Waals surface area contributed by atoms with Gasteiger partial charge >= 0.3 is 0 Å². The SMILES string of the molecule is Cc1cc(-c2cc3cc[nH]c(=O)c3c(Nc3ccc(CCN4CCC(N(C)C)C4)cc3)n2)cnc1N. The maximum absolute atomic E-state index is 12.7. The quantitative estimate of drug-likeness (QED) is 0.367. The van der Waals surface area contributed by atoms with Crippen molar-refractivity contribution < 1.29 is 0 Å². The Labute approximate surface area is 211 Å². The summed E-state index contributed by atoms with van der Waals surface area (Å²) < 4.78 is 0. The molecule has 0 saturated carbocycles. The summed E-state index contributed by atoms with van der Waals surface area (Å²) in [5, 5.41) is 4.70. The number of H-pyrrole nitrogens is 1. The molecule has 186 valence electrons. The lowest BCUT2D eigenvalue weighted by Crippen LogP contribution is -2.32. The first-order chi connectivity index (χ1) is 17.4. The lowest BCUT2D eigenvalue weighted by Gasteiger charge is -2.20. The maximum atomic E-state index is 12.7. The summed E-state index contributed by atoms with van der Waals surface area (Å²) in [6.45, 7) is 5.28. The number of benzene rings is 1. The van der Waals surface area contributed by atoms with Gasteiger partial charge in [-0.15, -0.1) is 0 Å². The van der Waals surface area contributed by atoms with E-state index in [-0.39, 0.29) is 5.56 Å². The second-order valence-corrected chi connectivity index (χ2v) is 9.83. The van der Waals surface area contributed by atoms with Crippen LogP contribution in [0.25, 0.3) is 22.0 Å². The summed E-state index contributed by atoms with van der Waals surface area (Å²) in [7, 11) is 4.32. The molecule has 0 amide bonds. The molecule has 0 bridgehead atoms. The normalized spacial score (nSPS) is 16.2. The summed E-state index contributed by atoms with van der Waals surface area (Å²) in [4.78, 5) is 29.4. The van der Waals surface area contributed by atoms with Crippen molar-refractivity contribution in [1.29, 1.82) is 0 Å². The average Bonchev–Trinajstić information content (AvgIpc) is 3.35. The van der Waals surface area contributed by atoms with Crippen molar-refractivity contribution >= 4 is 28.1 Å². The molecule has 3 aromatic heterocycles. The summed E-state index contributed by atoms with van der Waals surface area (Å²) in [6.07, 6.45) is 5.62. The number of aryl methyl sites for hydroxylation is 1. The number of nitrogens with one attached hydrogen (secondary N) is 2. The van der Waals surface area contributed by atoms with Gasteiger partial charge in [-0.2, -0.15) is 0 Å². The van der Waals surface area contributed by atoms with E-state index in [0.717, 1.165) is 53.9 Å². The largest absolute Gasteiger partial charge is 0.383 e. The molecule has 1 unspecified atom stereocenters. The van der Waals surface area contributed by atoms with E-state index < -0.39 is 0 Å². The third kappa shape index (κ3) is 5.10. The molecule has 1 saturated heterocycles. The van der Waals surface area contributed by atoms with Crippen LogP contribution < -0.4 is 16.6 Å². The number of aromatic amines is 1. The Morgan fingerprint density at radius 1 is 1.19 bits per heavy atom. The van der Waals surface area contributed by atoms with Gasteiger partial charge < -0.3 is 25.8 Å². The van der Waals surface area contributed by atoms with E-state index in [1.807, 2.05) is 37.3 Å². The van der Waals surface area contributed by atoms with Gasteiger partial charge in [0.2, 0.25) is 0 Å². The number of fused-ring (bicyclic) bond motifs is 1. The predicted molar refractivity (Wildman–Crippen MR) is 147 cm³/mol. The standard InChI is InChI=1S/C28H33N7O/c1-18-14-21(16-31-26(18)29)24-15-20-8-11-30-28(36)25(20)27(33-24)32-22-6-4-19(5-7-22)9-12-35-13-10-23(17-35)34(2)3/h4-8,11,14-16,23H,9-10,12-13,17H2,1-3H3,(H2,29,31)(H,30,36)(H,32,33). The molecule has 1 atom stereocenters. The third-order valence-electron chi connectivity index (χ3n) is 7.08. The van der Waals surface area contributed by atoms with Gasteiger partial charge in [0.25, 0.3) is 5.56 Å². The molecule has 1 aliphatic heterocycles. The smallest absolute Gasteiger partial charge is 0.259 e. The number of nitrogens with two attached hydrogens (primary N) is 1. The van der Waals surface area contributed by atoms with E-state index in [0.29, 0.717) is 23.1 Å². The van der Waals surface area contributed by atoms with E-state index in [9.17, 15) is 4.79 Å². The van der Waals surface area contributed by atoms with E-state index in [1.54, 1.807) is 12.4 Å². The van der Waals surface area contributed by atoms with E-state index in [2.05, 4.69) is 51.3 Å². The second kappa shape index (κ2) is 10.1. The van der Waals surface area contributed by atoms with E-state index >= 15 is 0 Å². The Kier molecular flexibility index (Phi) is 6.71. The van der Waals surface area contributed by atoms with Crippen molar-refractivity contribution in [3.8, 4) is 11.3 Å². The fourth-order valence-corrected chi connectivity index (χ4v) is 4.79. The predicted octanol–water partition coefficient (Wildman–Crippen LogP) is 3.80. The summed E-state index contributed by atoms with van der Waals surface area (Å²) in [5.41, 5.74) is 10.4. The van der Waals surface area contributed by atoms with Crippen molar-refractivity contribution in [3.63, 3.8) is 0 Å². The minimum absolute atomic E-state index is 0.182.